The highest BCUT2D eigenvalue weighted by Crippen LogP contribution is 2.49. The van der Waals surface area contributed by atoms with Crippen LogP contribution in [0, 0.1) is 23.7 Å². The highest BCUT2D eigenvalue weighted by atomic mass is 16.6. The second kappa shape index (κ2) is 2.44. The zero-order chi connectivity index (χ0) is 10.7. The number of hydrogen-bond donors (Lipinski definition) is 0. The summed E-state index contributed by atoms with van der Waals surface area (Å²) >= 11 is 0. The third kappa shape index (κ3) is 0.886. The molecule has 0 bridgehead atoms. The number of esters is 4. The van der Waals surface area contributed by atoms with Crippen LogP contribution in [0.15, 0.2) is 0 Å². The van der Waals surface area contributed by atoms with E-state index in [1.165, 1.54) is 0 Å². The fraction of sp³-hybridized carbons (Fsp3) is 0.556. The normalized spacial score (nSPS) is 42.7. The maximum Gasteiger partial charge on any atom is 0.318 e. The van der Waals surface area contributed by atoms with Crippen molar-refractivity contribution in [2.45, 2.75) is 6.42 Å². The molecule has 6 nitrogen and oxygen atoms in total. The average Bonchev–Trinajstić information content (AvgIpc) is 2.72. The van der Waals surface area contributed by atoms with Gasteiger partial charge >= 0.3 is 23.9 Å². The molecular weight excluding hydrogens is 204 g/mol. The number of rotatable bonds is 0. The van der Waals surface area contributed by atoms with E-state index in [0.29, 0.717) is 0 Å². The Labute approximate surface area is 83.5 Å². The lowest BCUT2D eigenvalue weighted by atomic mass is 9.90. The van der Waals surface area contributed by atoms with E-state index in [-0.39, 0.29) is 6.42 Å². The van der Waals surface area contributed by atoms with Crippen LogP contribution < -0.4 is 0 Å². The first-order valence-electron chi connectivity index (χ1n) is 4.60. The number of carbonyl (C=O) groups is 4. The Balaban J connectivity index is 2.03. The van der Waals surface area contributed by atoms with E-state index in [4.69, 9.17) is 0 Å². The maximum atomic E-state index is 11.3. The lowest BCUT2D eigenvalue weighted by Crippen LogP contribution is -2.24. The molecule has 0 N–H and O–H groups in total. The van der Waals surface area contributed by atoms with Gasteiger partial charge in [0.05, 0.1) is 23.7 Å². The SMILES string of the molecule is O=C1OC(=O)[C@H]2C[C@@H]3C(=O)OC(=O)[C@H]3[C@H]12. The van der Waals surface area contributed by atoms with Gasteiger partial charge in [0.25, 0.3) is 0 Å². The van der Waals surface area contributed by atoms with E-state index in [1.54, 1.807) is 0 Å². The largest absolute Gasteiger partial charge is 0.393 e. The Morgan fingerprint density at radius 3 is 1.53 bits per heavy atom. The van der Waals surface area contributed by atoms with Crippen molar-refractivity contribution in [1.82, 2.24) is 0 Å². The van der Waals surface area contributed by atoms with Crippen LogP contribution in [0.3, 0.4) is 0 Å². The van der Waals surface area contributed by atoms with E-state index in [9.17, 15) is 19.2 Å². The van der Waals surface area contributed by atoms with E-state index >= 15 is 0 Å². The van der Waals surface area contributed by atoms with Gasteiger partial charge in [0.1, 0.15) is 0 Å². The Kier molecular flexibility index (Phi) is 1.40. The molecule has 0 amide bonds. The summed E-state index contributed by atoms with van der Waals surface area (Å²) in [6.07, 6.45) is 0.185. The second-order valence-electron chi connectivity index (χ2n) is 3.98. The van der Waals surface area contributed by atoms with Crippen molar-refractivity contribution >= 4 is 23.9 Å². The predicted molar refractivity (Wildman–Crippen MR) is 40.8 cm³/mol. The maximum absolute atomic E-state index is 11.3. The summed E-state index contributed by atoms with van der Waals surface area (Å²) < 4.78 is 8.85. The molecule has 0 aromatic heterocycles. The van der Waals surface area contributed by atoms with Crippen LogP contribution in [0.2, 0.25) is 0 Å². The van der Waals surface area contributed by atoms with Crippen molar-refractivity contribution in [2.24, 2.45) is 23.7 Å². The van der Waals surface area contributed by atoms with Gasteiger partial charge in [-0.2, -0.15) is 0 Å². The van der Waals surface area contributed by atoms with E-state index in [1.807, 2.05) is 0 Å². The number of hydrogen-bond acceptors (Lipinski definition) is 6. The molecule has 78 valence electrons. The van der Waals surface area contributed by atoms with Gasteiger partial charge in [-0.25, -0.2) is 0 Å². The lowest BCUT2D eigenvalue weighted by Gasteiger charge is -2.06. The highest BCUT2D eigenvalue weighted by Gasteiger charge is 2.64. The molecular formula is C9H6O6. The molecule has 0 spiro atoms. The molecule has 1 aliphatic carbocycles. The summed E-state index contributed by atoms with van der Waals surface area (Å²) in [6.45, 7) is 0. The Hall–Kier alpha value is -1.72. The first kappa shape index (κ1) is 8.58. The van der Waals surface area contributed by atoms with E-state index in [2.05, 4.69) is 9.47 Å². The molecule has 15 heavy (non-hydrogen) atoms. The van der Waals surface area contributed by atoms with Crippen LogP contribution in [-0.2, 0) is 28.7 Å². The molecule has 3 fully saturated rings. The highest BCUT2D eigenvalue weighted by molar-refractivity contribution is 6.05. The van der Waals surface area contributed by atoms with E-state index < -0.39 is 47.5 Å². The predicted octanol–water partition coefficient (Wildman–Crippen LogP) is -0.978. The zero-order valence-corrected chi connectivity index (χ0v) is 7.47. The topological polar surface area (TPSA) is 86.7 Å². The first-order valence-corrected chi connectivity index (χ1v) is 4.60. The van der Waals surface area contributed by atoms with Crippen LogP contribution >= 0.6 is 0 Å². The summed E-state index contributed by atoms with van der Waals surface area (Å²) in [5.41, 5.74) is 0. The molecule has 2 saturated heterocycles. The van der Waals surface area contributed by atoms with Gasteiger partial charge in [-0.15, -0.1) is 0 Å². The minimum Gasteiger partial charge on any atom is -0.393 e. The van der Waals surface area contributed by atoms with Gasteiger partial charge in [0.15, 0.2) is 0 Å². The van der Waals surface area contributed by atoms with Crippen molar-refractivity contribution in [3.8, 4) is 0 Å². The molecule has 1 saturated carbocycles. The molecule has 2 heterocycles. The zero-order valence-electron chi connectivity index (χ0n) is 7.47. The standard InChI is InChI=1S/C9H6O6/c10-6-2-1-3-5(4(2)8(12)14-6)9(13)15-7(3)11/h2-5H,1H2/t2-,3-,4+,5+/m0/s1. The number of fused-ring (bicyclic) bond motifs is 3. The third-order valence-electron chi connectivity index (χ3n) is 3.31. The van der Waals surface area contributed by atoms with Gasteiger partial charge in [0, 0.05) is 0 Å². The van der Waals surface area contributed by atoms with Gasteiger partial charge in [-0.3, -0.25) is 19.2 Å². The van der Waals surface area contributed by atoms with Gasteiger partial charge in [0.2, 0.25) is 0 Å². The Morgan fingerprint density at radius 2 is 1.13 bits per heavy atom. The fourth-order valence-electron chi connectivity index (χ4n) is 2.66. The first-order chi connectivity index (χ1) is 7.09. The minimum atomic E-state index is -0.804. The summed E-state index contributed by atoms with van der Waals surface area (Å²) in [6, 6.07) is 0. The molecule has 0 aromatic rings. The van der Waals surface area contributed by atoms with Crippen molar-refractivity contribution in [1.29, 1.82) is 0 Å². The molecule has 3 rings (SSSR count). The quantitative estimate of drug-likeness (QED) is 0.377. The molecule has 6 heteroatoms. The summed E-state index contributed by atoms with van der Waals surface area (Å²) in [5, 5.41) is 0. The monoisotopic (exact) mass is 210 g/mol. The fourth-order valence-corrected chi connectivity index (χ4v) is 2.66. The molecule has 0 radical (unpaired) electrons. The molecule has 2 aliphatic heterocycles. The Bertz CT molecular complexity index is 373. The van der Waals surface area contributed by atoms with Crippen LogP contribution in [0.5, 0.6) is 0 Å². The molecule has 0 aromatic carbocycles. The number of carbonyl (C=O) groups excluding carboxylic acids is 4. The molecule has 4 atom stereocenters. The van der Waals surface area contributed by atoms with Crippen LogP contribution in [0.25, 0.3) is 0 Å². The molecule has 3 aliphatic rings. The van der Waals surface area contributed by atoms with E-state index in [0.717, 1.165) is 0 Å². The summed E-state index contributed by atoms with van der Waals surface area (Å²) in [4.78, 5) is 45.0. The molecule has 0 unspecified atom stereocenters. The number of ether oxygens (including phenoxy) is 2. The van der Waals surface area contributed by atoms with Crippen LogP contribution in [0.4, 0.5) is 0 Å². The van der Waals surface area contributed by atoms with Gasteiger partial charge < -0.3 is 9.47 Å². The van der Waals surface area contributed by atoms with Crippen molar-refractivity contribution in [3.63, 3.8) is 0 Å². The lowest BCUT2D eigenvalue weighted by molar-refractivity contribution is -0.158. The van der Waals surface area contributed by atoms with Crippen molar-refractivity contribution in [3.05, 3.63) is 0 Å². The van der Waals surface area contributed by atoms with Gasteiger partial charge in [-0.1, -0.05) is 0 Å². The smallest absolute Gasteiger partial charge is 0.318 e. The minimum absolute atomic E-state index is 0.185. The Morgan fingerprint density at radius 1 is 0.733 bits per heavy atom. The van der Waals surface area contributed by atoms with Crippen LogP contribution in [-0.4, -0.2) is 23.9 Å². The average molecular weight is 210 g/mol. The van der Waals surface area contributed by atoms with Crippen molar-refractivity contribution < 1.29 is 28.7 Å². The van der Waals surface area contributed by atoms with Crippen molar-refractivity contribution in [2.75, 3.05) is 0 Å². The second-order valence-corrected chi connectivity index (χ2v) is 3.98. The number of cyclic esters (lactones) is 4. The summed E-state index contributed by atoms with van der Waals surface area (Å²) in [7, 11) is 0. The van der Waals surface area contributed by atoms with Gasteiger partial charge in [-0.05, 0) is 6.42 Å². The van der Waals surface area contributed by atoms with Crippen LogP contribution in [0.1, 0.15) is 6.42 Å². The third-order valence-corrected chi connectivity index (χ3v) is 3.31. The summed E-state index contributed by atoms with van der Waals surface area (Å²) in [5.74, 6) is -5.54.